The molecule has 1 aromatic heterocycles. The molecule has 0 aliphatic heterocycles. The third-order valence-corrected chi connectivity index (χ3v) is 11.3. The van der Waals surface area contributed by atoms with Crippen molar-refractivity contribution in [3.8, 4) is 11.1 Å². The maximum absolute atomic E-state index is 14.9. The zero-order valence-electron chi connectivity index (χ0n) is 22.8. The molecule has 198 valence electrons. The average molecular weight is 556 g/mol. The second-order valence-corrected chi connectivity index (χ2v) is 13.4. The van der Waals surface area contributed by atoms with Crippen molar-refractivity contribution in [1.82, 2.24) is 4.98 Å². The van der Waals surface area contributed by atoms with Crippen LogP contribution in [0.5, 0.6) is 0 Å². The van der Waals surface area contributed by atoms with Crippen molar-refractivity contribution in [2.24, 2.45) is 0 Å². The van der Waals surface area contributed by atoms with Gasteiger partial charge in [0.25, 0.3) is 0 Å². The van der Waals surface area contributed by atoms with Gasteiger partial charge >= 0.3 is 0 Å². The van der Waals surface area contributed by atoms with Gasteiger partial charge in [0.1, 0.15) is 5.44 Å². The summed E-state index contributed by atoms with van der Waals surface area (Å²) in [6.45, 7) is 0. The Kier molecular flexibility index (Phi) is 5.77. The summed E-state index contributed by atoms with van der Waals surface area (Å²) in [5.74, 6) is 0. The normalized spacial score (nSPS) is 11.9. The Bertz CT molecular complexity index is 2170. The first-order valence-corrected chi connectivity index (χ1v) is 15.9. The molecule has 0 atom stereocenters. The number of rotatable bonds is 4. The smallest absolute Gasteiger partial charge is 0.188 e. The van der Waals surface area contributed by atoms with E-state index in [4.69, 9.17) is 4.98 Å². The van der Waals surface area contributed by atoms with Crippen molar-refractivity contribution in [3.05, 3.63) is 158 Å². The molecule has 0 amide bonds. The zero-order valence-corrected chi connectivity index (χ0v) is 23.7. The standard InChI is InChI=1S/C39H26NOP/c41-42(30-13-3-1-4-14-30,31-15-5-2-6-16-31)38-24-21-29(26-40-38)39-34-22-19-27-11-7-9-17-32(27)36(34)25-37-33-18-10-8-12-28(33)20-23-35(37)39/h1-26H. The quantitative estimate of drug-likeness (QED) is 0.123. The van der Waals surface area contributed by atoms with Gasteiger partial charge < -0.3 is 4.57 Å². The number of hydrogen-bond donors (Lipinski definition) is 0. The van der Waals surface area contributed by atoms with Crippen LogP contribution in [0.25, 0.3) is 54.2 Å². The van der Waals surface area contributed by atoms with Crippen molar-refractivity contribution in [2.45, 2.75) is 0 Å². The summed E-state index contributed by atoms with van der Waals surface area (Å²) in [7, 11) is -3.16. The third kappa shape index (κ3) is 3.80. The first-order chi connectivity index (χ1) is 20.7. The zero-order chi connectivity index (χ0) is 28.1. The molecule has 0 saturated carbocycles. The minimum Gasteiger partial charge on any atom is -0.307 e. The molecule has 0 aliphatic carbocycles. The van der Waals surface area contributed by atoms with E-state index < -0.39 is 7.14 Å². The Balaban J connectivity index is 1.41. The summed E-state index contributed by atoms with van der Waals surface area (Å²) >= 11 is 0. The lowest BCUT2D eigenvalue weighted by Gasteiger charge is -2.20. The number of pyridine rings is 1. The highest BCUT2D eigenvalue weighted by Gasteiger charge is 2.31. The minimum atomic E-state index is -3.16. The first kappa shape index (κ1) is 24.7. The molecule has 7 aromatic carbocycles. The van der Waals surface area contributed by atoms with Crippen molar-refractivity contribution < 1.29 is 4.57 Å². The number of aromatic nitrogens is 1. The van der Waals surface area contributed by atoms with Gasteiger partial charge in [-0.1, -0.05) is 140 Å². The number of fused-ring (bicyclic) bond motifs is 6. The molecule has 2 nitrogen and oxygen atoms in total. The van der Waals surface area contributed by atoms with Crippen LogP contribution in [-0.4, -0.2) is 4.98 Å². The van der Waals surface area contributed by atoms with Crippen LogP contribution in [0, 0.1) is 0 Å². The summed E-state index contributed by atoms with van der Waals surface area (Å²) in [5.41, 5.74) is 2.74. The first-order valence-electron chi connectivity index (χ1n) is 14.2. The van der Waals surface area contributed by atoms with Crippen molar-refractivity contribution in [3.63, 3.8) is 0 Å². The largest absolute Gasteiger partial charge is 0.307 e. The van der Waals surface area contributed by atoms with E-state index in [-0.39, 0.29) is 0 Å². The maximum Gasteiger partial charge on any atom is 0.188 e. The molecule has 0 spiro atoms. The fourth-order valence-corrected chi connectivity index (χ4v) is 8.86. The van der Waals surface area contributed by atoms with Crippen LogP contribution in [0.15, 0.2) is 158 Å². The molecule has 0 fully saturated rings. The van der Waals surface area contributed by atoms with Gasteiger partial charge in [0.05, 0.1) is 0 Å². The molecular formula is C39H26NOP. The van der Waals surface area contributed by atoms with Gasteiger partial charge in [0, 0.05) is 22.4 Å². The maximum atomic E-state index is 14.9. The third-order valence-electron chi connectivity index (χ3n) is 8.37. The van der Waals surface area contributed by atoms with Gasteiger partial charge in [-0.2, -0.15) is 0 Å². The second-order valence-electron chi connectivity index (χ2n) is 10.7. The second kappa shape index (κ2) is 9.80. The topological polar surface area (TPSA) is 30.0 Å². The van der Waals surface area contributed by atoms with Gasteiger partial charge in [-0.3, -0.25) is 4.98 Å². The lowest BCUT2D eigenvalue weighted by molar-refractivity contribution is 0.592. The predicted octanol–water partition coefficient (Wildman–Crippen LogP) is 9.00. The van der Waals surface area contributed by atoms with Crippen LogP contribution in [-0.2, 0) is 4.57 Å². The predicted molar refractivity (Wildman–Crippen MR) is 179 cm³/mol. The summed E-state index contributed by atoms with van der Waals surface area (Å²) in [6, 6.07) is 51.8. The van der Waals surface area contributed by atoms with Crippen LogP contribution in [0.3, 0.4) is 0 Å². The molecule has 0 bridgehead atoms. The summed E-state index contributed by atoms with van der Waals surface area (Å²) in [5, 5.41) is 11.3. The molecule has 1 heterocycles. The monoisotopic (exact) mass is 555 g/mol. The highest BCUT2D eigenvalue weighted by molar-refractivity contribution is 7.85. The molecule has 8 rings (SSSR count). The molecule has 0 unspecified atom stereocenters. The van der Waals surface area contributed by atoms with Gasteiger partial charge in [0.2, 0.25) is 0 Å². The van der Waals surface area contributed by atoms with Crippen molar-refractivity contribution >= 4 is 66.3 Å². The Hall–Kier alpha value is -5.04. The van der Waals surface area contributed by atoms with E-state index in [9.17, 15) is 4.57 Å². The Labute approximate surface area is 244 Å². The average Bonchev–Trinajstić information content (AvgIpc) is 3.07. The van der Waals surface area contributed by atoms with Crippen molar-refractivity contribution in [1.29, 1.82) is 0 Å². The molecule has 0 saturated heterocycles. The molecule has 0 radical (unpaired) electrons. The highest BCUT2D eigenvalue weighted by Crippen LogP contribution is 2.44. The lowest BCUT2D eigenvalue weighted by atomic mass is 9.88. The molecule has 0 N–H and O–H groups in total. The van der Waals surface area contributed by atoms with Gasteiger partial charge in [-0.25, -0.2) is 0 Å². The van der Waals surface area contributed by atoms with E-state index in [1.165, 1.54) is 43.1 Å². The van der Waals surface area contributed by atoms with Crippen molar-refractivity contribution in [2.75, 3.05) is 0 Å². The van der Waals surface area contributed by atoms with Gasteiger partial charge in [-0.15, -0.1) is 0 Å². The summed E-state index contributed by atoms with van der Waals surface area (Å²) in [6.07, 6.45) is 1.91. The highest BCUT2D eigenvalue weighted by atomic mass is 31.2. The Morgan fingerprint density at radius 2 is 0.929 bits per heavy atom. The van der Waals surface area contributed by atoms with Crippen LogP contribution in [0.4, 0.5) is 0 Å². The Morgan fingerprint density at radius 3 is 1.43 bits per heavy atom. The SMILES string of the molecule is O=P(c1ccccc1)(c1ccccc1)c1ccc(-c2c3ccc4ccccc4c3cc3c2ccc2ccccc23)cn1. The van der Waals surface area contributed by atoms with Gasteiger partial charge in [0.15, 0.2) is 7.14 Å². The minimum absolute atomic E-state index is 0.587. The molecule has 8 aromatic rings. The van der Waals surface area contributed by atoms with E-state index in [2.05, 4.69) is 84.9 Å². The Morgan fingerprint density at radius 1 is 0.429 bits per heavy atom. The molecular weight excluding hydrogens is 529 g/mol. The van der Waals surface area contributed by atoms with E-state index in [1.807, 2.05) is 72.9 Å². The van der Waals surface area contributed by atoms with E-state index in [1.54, 1.807) is 0 Å². The fourth-order valence-electron chi connectivity index (χ4n) is 6.35. The summed E-state index contributed by atoms with van der Waals surface area (Å²) in [4.78, 5) is 4.96. The molecule has 0 aliphatic rings. The molecule has 3 heteroatoms. The van der Waals surface area contributed by atoms with Crippen LogP contribution in [0.2, 0.25) is 0 Å². The number of nitrogens with zero attached hydrogens (tertiary/aromatic N) is 1. The van der Waals surface area contributed by atoms with Crippen LogP contribution < -0.4 is 16.0 Å². The van der Waals surface area contributed by atoms with Crippen LogP contribution in [0.1, 0.15) is 0 Å². The van der Waals surface area contributed by atoms with Gasteiger partial charge in [-0.05, 0) is 60.8 Å². The van der Waals surface area contributed by atoms with E-state index in [0.717, 1.165) is 21.7 Å². The number of hydrogen-bond acceptors (Lipinski definition) is 2. The summed E-state index contributed by atoms with van der Waals surface area (Å²) < 4.78 is 14.9. The molecule has 42 heavy (non-hydrogen) atoms. The van der Waals surface area contributed by atoms with E-state index in [0.29, 0.717) is 5.44 Å². The van der Waals surface area contributed by atoms with E-state index >= 15 is 0 Å². The lowest BCUT2D eigenvalue weighted by Crippen LogP contribution is -2.26. The van der Waals surface area contributed by atoms with Crippen LogP contribution >= 0.6 is 7.14 Å². The number of benzene rings is 7. The fraction of sp³-hybridized carbons (Fsp3) is 0.